The first-order chi connectivity index (χ1) is 11.6. The van der Waals surface area contributed by atoms with E-state index in [9.17, 15) is 14.7 Å². The highest BCUT2D eigenvalue weighted by molar-refractivity contribution is 5.87. The number of ether oxygens (including phenoxy) is 1. The van der Waals surface area contributed by atoms with Crippen molar-refractivity contribution >= 4 is 11.9 Å². The van der Waals surface area contributed by atoms with Crippen molar-refractivity contribution in [3.63, 3.8) is 0 Å². The highest BCUT2D eigenvalue weighted by Crippen LogP contribution is 2.52. The molecule has 2 aliphatic heterocycles. The number of carboxylic acid groups (broad SMARTS) is 1. The average molecular weight is 329 g/mol. The fraction of sp³-hybridized carbons (Fsp3) is 0.579. The van der Waals surface area contributed by atoms with E-state index in [2.05, 4.69) is 12.1 Å². The summed E-state index contributed by atoms with van der Waals surface area (Å²) in [6, 6.07) is 10.1. The van der Waals surface area contributed by atoms with Crippen LogP contribution in [0.5, 0.6) is 0 Å². The molecule has 0 radical (unpaired) electrons. The molecule has 3 fully saturated rings. The lowest BCUT2D eigenvalue weighted by Crippen LogP contribution is -2.45. The van der Waals surface area contributed by atoms with Crippen LogP contribution in [0.3, 0.4) is 0 Å². The van der Waals surface area contributed by atoms with E-state index in [1.165, 1.54) is 5.56 Å². The molecule has 4 rings (SSSR count). The molecule has 24 heavy (non-hydrogen) atoms. The Labute approximate surface area is 141 Å². The highest BCUT2D eigenvalue weighted by Gasteiger charge is 2.59. The number of likely N-dealkylation sites (tertiary alicyclic amines) is 1. The van der Waals surface area contributed by atoms with Gasteiger partial charge in [0, 0.05) is 25.6 Å². The molecule has 1 aliphatic carbocycles. The molecule has 5 nitrogen and oxygen atoms in total. The molecule has 2 saturated heterocycles. The van der Waals surface area contributed by atoms with Gasteiger partial charge < -0.3 is 14.7 Å². The number of rotatable bonds is 4. The minimum Gasteiger partial charge on any atom is -0.481 e. The van der Waals surface area contributed by atoms with Crippen molar-refractivity contribution in [2.45, 2.75) is 25.7 Å². The van der Waals surface area contributed by atoms with Crippen LogP contribution in [-0.4, -0.2) is 48.2 Å². The Morgan fingerprint density at radius 3 is 2.58 bits per heavy atom. The standard InChI is InChI=1S/C19H23NO4/c21-16(18(6-7-18)10-14-4-2-1-3-5-14)20-11-15-12-24-9-8-19(15,13-20)17(22)23/h1-5,15H,6-13H2,(H,22,23)/t15-,19+/m0/s1. The van der Waals surface area contributed by atoms with Gasteiger partial charge in [-0.3, -0.25) is 9.59 Å². The van der Waals surface area contributed by atoms with E-state index in [0.29, 0.717) is 32.7 Å². The van der Waals surface area contributed by atoms with Gasteiger partial charge in [-0.15, -0.1) is 0 Å². The maximum absolute atomic E-state index is 13.1. The van der Waals surface area contributed by atoms with Crippen molar-refractivity contribution in [2.75, 3.05) is 26.3 Å². The van der Waals surface area contributed by atoms with Crippen LogP contribution in [0, 0.1) is 16.7 Å². The second-order valence-corrected chi connectivity index (χ2v) is 7.61. The summed E-state index contributed by atoms with van der Waals surface area (Å²) in [5, 5.41) is 9.76. The van der Waals surface area contributed by atoms with Gasteiger partial charge in [-0.1, -0.05) is 30.3 Å². The molecule has 1 aromatic carbocycles. The number of benzene rings is 1. The molecule has 2 heterocycles. The van der Waals surface area contributed by atoms with Crippen LogP contribution < -0.4 is 0 Å². The first kappa shape index (κ1) is 15.6. The maximum atomic E-state index is 13.1. The number of hydrogen-bond acceptors (Lipinski definition) is 3. The van der Waals surface area contributed by atoms with E-state index in [1.807, 2.05) is 23.1 Å². The molecule has 0 bridgehead atoms. The number of carboxylic acids is 1. The molecule has 5 heteroatoms. The fourth-order valence-corrected chi connectivity index (χ4v) is 4.39. The molecule has 1 aromatic rings. The van der Waals surface area contributed by atoms with Crippen LogP contribution in [0.25, 0.3) is 0 Å². The van der Waals surface area contributed by atoms with Gasteiger partial charge in [0.25, 0.3) is 0 Å². The highest BCUT2D eigenvalue weighted by atomic mass is 16.5. The van der Waals surface area contributed by atoms with E-state index in [-0.39, 0.29) is 17.2 Å². The van der Waals surface area contributed by atoms with Crippen molar-refractivity contribution in [1.82, 2.24) is 4.90 Å². The molecule has 1 amide bonds. The Balaban J connectivity index is 1.52. The molecule has 0 aromatic heterocycles. The third-order valence-electron chi connectivity index (χ3n) is 6.11. The van der Waals surface area contributed by atoms with E-state index >= 15 is 0 Å². The summed E-state index contributed by atoms with van der Waals surface area (Å²) < 4.78 is 5.48. The van der Waals surface area contributed by atoms with Gasteiger partial charge in [-0.2, -0.15) is 0 Å². The van der Waals surface area contributed by atoms with E-state index < -0.39 is 11.4 Å². The van der Waals surface area contributed by atoms with Crippen molar-refractivity contribution in [3.05, 3.63) is 35.9 Å². The average Bonchev–Trinajstić information content (AvgIpc) is 3.25. The summed E-state index contributed by atoms with van der Waals surface area (Å²) in [6.07, 6.45) is 3.06. The van der Waals surface area contributed by atoms with E-state index in [0.717, 1.165) is 19.3 Å². The Bertz CT molecular complexity index is 655. The second-order valence-electron chi connectivity index (χ2n) is 7.61. The molecule has 2 atom stereocenters. The van der Waals surface area contributed by atoms with Gasteiger partial charge >= 0.3 is 5.97 Å². The Hall–Kier alpha value is -1.88. The zero-order valence-electron chi connectivity index (χ0n) is 13.7. The lowest BCUT2D eigenvalue weighted by molar-refractivity contribution is -0.157. The van der Waals surface area contributed by atoms with Gasteiger partial charge in [-0.05, 0) is 31.2 Å². The Morgan fingerprint density at radius 2 is 1.96 bits per heavy atom. The van der Waals surface area contributed by atoms with Gasteiger partial charge in [0.1, 0.15) is 0 Å². The van der Waals surface area contributed by atoms with E-state index in [1.54, 1.807) is 0 Å². The minimum atomic E-state index is -0.809. The number of fused-ring (bicyclic) bond motifs is 1. The first-order valence-corrected chi connectivity index (χ1v) is 8.70. The van der Waals surface area contributed by atoms with Crippen LogP contribution >= 0.6 is 0 Å². The van der Waals surface area contributed by atoms with Crippen molar-refractivity contribution in [2.24, 2.45) is 16.7 Å². The summed E-state index contributed by atoms with van der Waals surface area (Å²) in [6.45, 7) is 1.77. The number of amides is 1. The molecular weight excluding hydrogens is 306 g/mol. The zero-order valence-corrected chi connectivity index (χ0v) is 13.7. The predicted molar refractivity (Wildman–Crippen MR) is 87.4 cm³/mol. The molecule has 128 valence electrons. The van der Waals surface area contributed by atoms with Crippen LogP contribution in [0.15, 0.2) is 30.3 Å². The van der Waals surface area contributed by atoms with Crippen LogP contribution in [0.2, 0.25) is 0 Å². The van der Waals surface area contributed by atoms with Gasteiger partial charge in [0.2, 0.25) is 5.91 Å². The third kappa shape index (κ3) is 2.42. The smallest absolute Gasteiger partial charge is 0.311 e. The lowest BCUT2D eigenvalue weighted by Gasteiger charge is -2.34. The van der Waals surface area contributed by atoms with Crippen molar-refractivity contribution < 1.29 is 19.4 Å². The monoisotopic (exact) mass is 329 g/mol. The van der Waals surface area contributed by atoms with Gasteiger partial charge in [0.05, 0.1) is 17.4 Å². The van der Waals surface area contributed by atoms with Crippen LogP contribution in [-0.2, 0) is 20.7 Å². The quantitative estimate of drug-likeness (QED) is 0.917. The number of hydrogen-bond donors (Lipinski definition) is 1. The SMILES string of the molecule is O=C(N1C[C@H]2COCC[C@@]2(C(=O)O)C1)C1(Cc2ccccc2)CC1. The van der Waals surface area contributed by atoms with Crippen molar-refractivity contribution in [1.29, 1.82) is 0 Å². The number of carbonyl (C=O) groups excluding carboxylic acids is 1. The molecular formula is C19H23NO4. The summed E-state index contributed by atoms with van der Waals surface area (Å²) >= 11 is 0. The fourth-order valence-electron chi connectivity index (χ4n) is 4.39. The third-order valence-corrected chi connectivity index (χ3v) is 6.11. The number of nitrogens with zero attached hydrogens (tertiary/aromatic N) is 1. The van der Waals surface area contributed by atoms with Gasteiger partial charge in [0.15, 0.2) is 0 Å². The summed E-state index contributed by atoms with van der Waals surface area (Å²) in [5.74, 6) is -0.722. The first-order valence-electron chi connectivity index (χ1n) is 8.70. The normalized spacial score (nSPS) is 30.7. The molecule has 1 saturated carbocycles. The number of carbonyl (C=O) groups is 2. The number of aliphatic carboxylic acids is 1. The Morgan fingerprint density at radius 1 is 1.21 bits per heavy atom. The molecule has 3 aliphatic rings. The van der Waals surface area contributed by atoms with Crippen LogP contribution in [0.4, 0.5) is 0 Å². The van der Waals surface area contributed by atoms with E-state index in [4.69, 9.17) is 4.74 Å². The largest absolute Gasteiger partial charge is 0.481 e. The van der Waals surface area contributed by atoms with Crippen LogP contribution in [0.1, 0.15) is 24.8 Å². The summed E-state index contributed by atoms with van der Waals surface area (Å²) in [5.41, 5.74) is 0.0582. The minimum absolute atomic E-state index is 0.0831. The predicted octanol–water partition coefficient (Wildman–Crippen LogP) is 1.96. The summed E-state index contributed by atoms with van der Waals surface area (Å²) in [4.78, 5) is 26.8. The second kappa shape index (κ2) is 5.59. The van der Waals surface area contributed by atoms with Gasteiger partial charge in [-0.25, -0.2) is 0 Å². The zero-order chi connectivity index (χ0) is 16.8. The summed E-state index contributed by atoms with van der Waals surface area (Å²) in [7, 11) is 0. The topological polar surface area (TPSA) is 66.8 Å². The molecule has 0 unspecified atom stereocenters. The maximum Gasteiger partial charge on any atom is 0.311 e. The Kier molecular flexibility index (Phi) is 3.64. The van der Waals surface area contributed by atoms with Crippen molar-refractivity contribution in [3.8, 4) is 0 Å². The molecule has 1 N–H and O–H groups in total. The lowest BCUT2D eigenvalue weighted by atomic mass is 9.74. The molecule has 0 spiro atoms.